The first kappa shape index (κ1) is 23.5. The van der Waals surface area contributed by atoms with E-state index in [-0.39, 0.29) is 16.4 Å². The minimum Gasteiger partial charge on any atom is -0.507 e. The van der Waals surface area contributed by atoms with Crippen LogP contribution >= 0.6 is 0 Å². The van der Waals surface area contributed by atoms with E-state index in [9.17, 15) is 18.3 Å². The first-order chi connectivity index (χ1) is 15.2. The largest absolute Gasteiger partial charge is 0.507 e. The fourth-order valence-electron chi connectivity index (χ4n) is 5.36. The van der Waals surface area contributed by atoms with Gasteiger partial charge in [0.25, 0.3) is 10.1 Å². The molecule has 0 amide bonds. The Morgan fingerprint density at radius 1 is 0.818 bits per heavy atom. The zero-order valence-corrected chi connectivity index (χ0v) is 21.2. The maximum atomic E-state index is 13.6. The lowest BCUT2D eigenvalue weighted by Crippen LogP contribution is -2.38. The van der Waals surface area contributed by atoms with Crippen molar-refractivity contribution >= 4 is 15.9 Å². The summed E-state index contributed by atoms with van der Waals surface area (Å²) in [7, 11) is -4.09. The van der Waals surface area contributed by atoms with E-state index in [1.165, 1.54) is 0 Å². The highest BCUT2D eigenvalue weighted by atomic mass is 32.2. The van der Waals surface area contributed by atoms with E-state index in [4.69, 9.17) is 4.18 Å². The van der Waals surface area contributed by atoms with E-state index in [0.717, 1.165) is 16.7 Å². The molecule has 0 fully saturated rings. The summed E-state index contributed by atoms with van der Waals surface area (Å²) < 4.78 is 33.4. The molecule has 5 nitrogen and oxygen atoms in total. The van der Waals surface area contributed by atoms with Crippen LogP contribution in [0.1, 0.15) is 58.4 Å². The first-order valence-electron chi connectivity index (χ1n) is 11.0. The van der Waals surface area contributed by atoms with Crippen LogP contribution < -0.4 is 0 Å². The Bertz CT molecular complexity index is 1360. The molecule has 1 aliphatic heterocycles. The van der Waals surface area contributed by atoms with Gasteiger partial charge in [0.15, 0.2) is 5.78 Å². The molecule has 33 heavy (non-hydrogen) atoms. The fraction of sp³-hybridized carbons (Fsp3) is 0.370. The average molecular weight is 467 g/mol. The summed E-state index contributed by atoms with van der Waals surface area (Å²) in [5, 5.41) is 10.4. The second kappa shape index (κ2) is 7.40. The Morgan fingerprint density at radius 3 is 1.82 bits per heavy atom. The lowest BCUT2D eigenvalue weighted by Gasteiger charge is -2.37. The molecule has 2 aromatic rings. The van der Waals surface area contributed by atoms with Crippen molar-refractivity contribution in [3.63, 3.8) is 0 Å². The number of benzene rings is 2. The molecule has 0 bridgehead atoms. The highest BCUT2D eigenvalue weighted by molar-refractivity contribution is 7.87. The molecule has 0 radical (unpaired) electrons. The number of phenolic OH excluding ortho intramolecular Hbond substituents is 1. The molecule has 1 aliphatic carbocycles. The predicted molar refractivity (Wildman–Crippen MR) is 128 cm³/mol. The molecule has 1 N–H and O–H groups in total. The van der Waals surface area contributed by atoms with Crippen molar-refractivity contribution in [2.75, 3.05) is 0 Å². The van der Waals surface area contributed by atoms with Crippen molar-refractivity contribution in [2.24, 2.45) is 5.92 Å². The lowest BCUT2D eigenvalue weighted by atomic mass is 9.70. The van der Waals surface area contributed by atoms with Gasteiger partial charge in [-0.2, -0.15) is 8.42 Å². The third-order valence-electron chi connectivity index (χ3n) is 7.46. The average Bonchev–Trinajstić information content (AvgIpc) is 3.00. The number of allylic oxidation sites excluding steroid dienone is 2. The van der Waals surface area contributed by atoms with E-state index >= 15 is 0 Å². The van der Waals surface area contributed by atoms with Gasteiger partial charge in [-0.05, 0) is 118 Å². The third kappa shape index (κ3) is 3.15. The molecule has 1 atom stereocenters. The molecular weight excluding hydrogens is 436 g/mol. The standard InChI is InChI=1S/C27H30O5S/c1-13-9-21(10-14(2)24(13)28)27(22-11-15(3)25(29)16(4)12-22)23-19(7)17(5)18(6)20(8)26(23)33(30,31)32-27/h9-12,21,29H,1-8H3. The van der Waals surface area contributed by atoms with Gasteiger partial charge in [0.1, 0.15) is 16.2 Å². The number of Topliss-reactive ketones (excluding diaryl/α,β-unsaturated/α-hetero) is 1. The van der Waals surface area contributed by atoms with Gasteiger partial charge in [0.05, 0.1) is 0 Å². The zero-order chi connectivity index (χ0) is 24.6. The lowest BCUT2D eigenvalue weighted by molar-refractivity contribution is -0.112. The molecule has 2 aliphatic rings. The summed E-state index contributed by atoms with van der Waals surface area (Å²) in [4.78, 5) is 12.8. The molecule has 4 rings (SSSR count). The number of rotatable bonds is 2. The van der Waals surface area contributed by atoms with Crippen LogP contribution in [-0.2, 0) is 24.7 Å². The quantitative estimate of drug-likeness (QED) is 0.608. The molecule has 1 heterocycles. The van der Waals surface area contributed by atoms with Gasteiger partial charge in [-0.3, -0.25) is 4.79 Å². The molecule has 174 valence electrons. The Hall–Kier alpha value is -2.70. The van der Waals surface area contributed by atoms with Gasteiger partial charge in [-0.15, -0.1) is 0 Å². The predicted octanol–water partition coefficient (Wildman–Crippen LogP) is 5.30. The van der Waals surface area contributed by atoms with Crippen LogP contribution in [0, 0.1) is 47.5 Å². The number of aryl methyl sites for hydroxylation is 2. The number of hydrogen-bond donors (Lipinski definition) is 1. The van der Waals surface area contributed by atoms with Crippen LogP contribution in [-0.4, -0.2) is 19.3 Å². The third-order valence-corrected chi connectivity index (χ3v) is 8.95. The summed E-state index contributed by atoms with van der Waals surface area (Å²) in [6.07, 6.45) is 3.61. The fourth-order valence-corrected chi connectivity index (χ4v) is 7.16. The van der Waals surface area contributed by atoms with E-state index in [1.54, 1.807) is 52.0 Å². The van der Waals surface area contributed by atoms with Crippen LogP contribution in [0.15, 0.2) is 40.3 Å². The SMILES string of the molecule is CC1=CC(C2(c3cc(C)c(O)c(C)c3)OS(=O)(=O)c3c(C)c(C)c(C)c(C)c32)C=C(C)C1=O. The van der Waals surface area contributed by atoms with E-state index in [2.05, 4.69) is 0 Å². The number of phenols is 1. The van der Waals surface area contributed by atoms with E-state index < -0.39 is 21.6 Å². The van der Waals surface area contributed by atoms with Crippen molar-refractivity contribution in [1.29, 1.82) is 0 Å². The van der Waals surface area contributed by atoms with Crippen LogP contribution in [0.5, 0.6) is 5.75 Å². The second-order valence-electron chi connectivity index (χ2n) is 9.49. The summed E-state index contributed by atoms with van der Waals surface area (Å²) in [6.45, 7) is 14.7. The molecular formula is C27H30O5S. The second-order valence-corrected chi connectivity index (χ2v) is 11.0. The smallest absolute Gasteiger partial charge is 0.298 e. The molecule has 2 aromatic carbocycles. The van der Waals surface area contributed by atoms with Gasteiger partial charge in [0, 0.05) is 11.5 Å². The highest BCUT2D eigenvalue weighted by Crippen LogP contribution is 2.56. The van der Waals surface area contributed by atoms with Gasteiger partial charge in [0.2, 0.25) is 0 Å². The summed E-state index contributed by atoms with van der Waals surface area (Å²) in [6, 6.07) is 3.58. The van der Waals surface area contributed by atoms with Gasteiger partial charge in [-0.1, -0.05) is 12.2 Å². The van der Waals surface area contributed by atoms with Gasteiger partial charge < -0.3 is 5.11 Å². The monoisotopic (exact) mass is 466 g/mol. The Labute approximate surface area is 195 Å². The molecule has 0 spiro atoms. The summed E-state index contributed by atoms with van der Waals surface area (Å²) >= 11 is 0. The number of fused-ring (bicyclic) bond motifs is 1. The number of aromatic hydroxyl groups is 1. The van der Waals surface area contributed by atoms with E-state index in [0.29, 0.717) is 39.0 Å². The zero-order valence-electron chi connectivity index (χ0n) is 20.4. The van der Waals surface area contributed by atoms with Crippen molar-refractivity contribution < 1.29 is 22.5 Å². The number of ketones is 1. The molecule has 0 aromatic heterocycles. The van der Waals surface area contributed by atoms with Crippen molar-refractivity contribution in [2.45, 2.75) is 65.9 Å². The Morgan fingerprint density at radius 2 is 1.30 bits per heavy atom. The normalized spacial score (nSPS) is 22.2. The molecule has 0 saturated carbocycles. The van der Waals surface area contributed by atoms with Crippen molar-refractivity contribution in [3.05, 3.63) is 79.9 Å². The van der Waals surface area contributed by atoms with Gasteiger partial charge >= 0.3 is 0 Å². The number of carbonyl (C=O) groups is 1. The minimum absolute atomic E-state index is 0.0615. The van der Waals surface area contributed by atoms with Crippen LogP contribution in [0.3, 0.4) is 0 Å². The van der Waals surface area contributed by atoms with Crippen molar-refractivity contribution in [1.82, 2.24) is 0 Å². The Balaban J connectivity index is 2.23. The van der Waals surface area contributed by atoms with Crippen LogP contribution in [0.2, 0.25) is 0 Å². The summed E-state index contributed by atoms with van der Waals surface area (Å²) in [5.41, 5.74) is 5.68. The van der Waals surface area contributed by atoms with E-state index in [1.807, 2.05) is 27.7 Å². The molecule has 0 saturated heterocycles. The van der Waals surface area contributed by atoms with Gasteiger partial charge in [-0.25, -0.2) is 4.18 Å². The molecule has 6 heteroatoms. The maximum absolute atomic E-state index is 13.6. The summed E-state index contributed by atoms with van der Waals surface area (Å²) in [5.74, 6) is -0.427. The van der Waals surface area contributed by atoms with Crippen LogP contribution in [0.4, 0.5) is 0 Å². The topological polar surface area (TPSA) is 80.7 Å². The first-order valence-corrected chi connectivity index (χ1v) is 12.4. The van der Waals surface area contributed by atoms with Crippen molar-refractivity contribution in [3.8, 4) is 5.75 Å². The highest BCUT2D eigenvalue weighted by Gasteiger charge is 2.56. The number of hydrogen-bond acceptors (Lipinski definition) is 5. The maximum Gasteiger partial charge on any atom is 0.298 e. The van der Waals surface area contributed by atoms with Crippen LogP contribution in [0.25, 0.3) is 0 Å². The minimum atomic E-state index is -4.09. The number of carbonyl (C=O) groups excluding carboxylic acids is 1. The Kier molecular flexibility index (Phi) is 5.26. The molecule has 1 unspecified atom stereocenters.